The lowest BCUT2D eigenvalue weighted by Gasteiger charge is -2.33. The molecule has 0 aliphatic carbocycles. The summed E-state index contributed by atoms with van der Waals surface area (Å²) in [6.45, 7) is 6.92. The Morgan fingerprint density at radius 3 is 1.29 bits per heavy atom. The van der Waals surface area contributed by atoms with E-state index in [2.05, 4.69) is 66.4 Å². The van der Waals surface area contributed by atoms with Crippen LogP contribution < -0.4 is 0 Å². The molecule has 2 nitrogen and oxygen atoms in total. The molecule has 1 atom stereocenters. The van der Waals surface area contributed by atoms with E-state index in [1.165, 1.54) is 134 Å². The van der Waals surface area contributed by atoms with Gasteiger partial charge in [-0.3, -0.25) is 0 Å². The van der Waals surface area contributed by atoms with E-state index in [4.69, 9.17) is 0 Å². The van der Waals surface area contributed by atoms with Gasteiger partial charge < -0.3 is 9.80 Å². The largest absolute Gasteiger partial charge is 0.352 e. The van der Waals surface area contributed by atoms with Crippen LogP contribution in [0.15, 0.2) is 42.7 Å². The molecule has 194 valence electrons. The molecule has 1 aliphatic rings. The molecule has 0 fully saturated rings. The molecule has 0 N–H and O–H groups in total. The van der Waals surface area contributed by atoms with E-state index < -0.39 is 0 Å². The molecular weight excluding hydrogens is 412 g/mol. The van der Waals surface area contributed by atoms with Gasteiger partial charge in [-0.15, -0.1) is 0 Å². The van der Waals surface area contributed by atoms with Gasteiger partial charge in [0.1, 0.15) is 6.17 Å². The maximum absolute atomic E-state index is 2.57. The molecule has 0 aromatic heterocycles. The predicted octanol–water partition coefficient (Wildman–Crippen LogP) is 10.2. The minimum Gasteiger partial charge on any atom is -0.352 e. The van der Waals surface area contributed by atoms with E-state index in [9.17, 15) is 0 Å². The summed E-state index contributed by atoms with van der Waals surface area (Å²) >= 11 is 0. The summed E-state index contributed by atoms with van der Waals surface area (Å²) in [6, 6.07) is 11.1. The minimum absolute atomic E-state index is 0.397. The van der Waals surface area contributed by atoms with E-state index in [1.54, 1.807) is 0 Å². The molecule has 0 saturated carbocycles. The number of hydrogen-bond donors (Lipinski definition) is 0. The first-order chi connectivity index (χ1) is 16.9. The van der Waals surface area contributed by atoms with Gasteiger partial charge in [0.2, 0.25) is 0 Å². The van der Waals surface area contributed by atoms with Crippen molar-refractivity contribution in [1.29, 1.82) is 0 Å². The number of rotatable bonds is 22. The fourth-order valence-corrected chi connectivity index (χ4v) is 5.29. The first-order valence-electron chi connectivity index (χ1n) is 15.1. The van der Waals surface area contributed by atoms with Crippen molar-refractivity contribution in [2.24, 2.45) is 0 Å². The zero-order chi connectivity index (χ0) is 24.1. The van der Waals surface area contributed by atoms with E-state index in [0.717, 1.165) is 6.54 Å². The average Bonchev–Trinajstić information content (AvgIpc) is 3.27. The lowest BCUT2D eigenvalue weighted by Crippen LogP contribution is -2.32. The predicted molar refractivity (Wildman–Crippen MR) is 151 cm³/mol. The van der Waals surface area contributed by atoms with Gasteiger partial charge in [-0.1, -0.05) is 153 Å². The van der Waals surface area contributed by atoms with Gasteiger partial charge >= 0.3 is 0 Å². The first-order valence-corrected chi connectivity index (χ1v) is 15.1. The number of benzene rings is 1. The molecule has 0 bridgehead atoms. The van der Waals surface area contributed by atoms with Crippen LogP contribution in [0.25, 0.3) is 0 Å². The molecular formula is C32H56N2. The Hall–Kier alpha value is -1.44. The molecule has 2 rings (SSSR count). The lowest BCUT2D eigenvalue weighted by atomic mass is 10.0. The Kier molecular flexibility index (Phi) is 16.8. The highest BCUT2D eigenvalue weighted by Crippen LogP contribution is 2.31. The van der Waals surface area contributed by atoms with Gasteiger partial charge in [0.25, 0.3) is 0 Å². The Morgan fingerprint density at radius 2 is 0.853 bits per heavy atom. The first kappa shape index (κ1) is 28.8. The van der Waals surface area contributed by atoms with Crippen LogP contribution in [0.5, 0.6) is 0 Å². The second kappa shape index (κ2) is 19.8. The molecule has 0 amide bonds. The quantitative estimate of drug-likeness (QED) is 0.156. The van der Waals surface area contributed by atoms with Gasteiger partial charge in [-0.05, 0) is 18.4 Å². The van der Waals surface area contributed by atoms with E-state index in [-0.39, 0.29) is 0 Å². The average molecular weight is 469 g/mol. The lowest BCUT2D eigenvalue weighted by molar-refractivity contribution is 0.150. The van der Waals surface area contributed by atoms with Gasteiger partial charge in [0, 0.05) is 25.5 Å². The SMILES string of the molecule is CCCCCCCCCCCCCCCCCCCN1C=CN(CCCC)C1c1ccccc1. The molecule has 0 radical (unpaired) electrons. The van der Waals surface area contributed by atoms with Crippen LogP contribution in [0.1, 0.15) is 148 Å². The van der Waals surface area contributed by atoms with E-state index >= 15 is 0 Å². The smallest absolute Gasteiger partial charge is 0.127 e. The van der Waals surface area contributed by atoms with Gasteiger partial charge in [0.15, 0.2) is 0 Å². The summed E-state index contributed by atoms with van der Waals surface area (Å²) in [7, 11) is 0. The van der Waals surface area contributed by atoms with Crippen molar-refractivity contribution in [3.05, 3.63) is 48.3 Å². The normalized spacial score (nSPS) is 15.5. The highest BCUT2D eigenvalue weighted by molar-refractivity contribution is 5.21. The Bertz CT molecular complexity index is 596. The number of nitrogens with zero attached hydrogens (tertiary/aromatic N) is 2. The third kappa shape index (κ3) is 12.3. The van der Waals surface area contributed by atoms with Crippen LogP contribution in [0, 0.1) is 0 Å². The fourth-order valence-electron chi connectivity index (χ4n) is 5.29. The molecule has 0 saturated heterocycles. The Morgan fingerprint density at radius 1 is 0.471 bits per heavy atom. The third-order valence-corrected chi connectivity index (χ3v) is 7.47. The molecule has 1 aromatic carbocycles. The molecule has 1 heterocycles. The fraction of sp³-hybridized carbons (Fsp3) is 0.750. The summed E-state index contributed by atoms with van der Waals surface area (Å²) in [5.74, 6) is 0. The van der Waals surface area contributed by atoms with Crippen molar-refractivity contribution >= 4 is 0 Å². The molecule has 1 unspecified atom stereocenters. The highest BCUT2D eigenvalue weighted by Gasteiger charge is 2.26. The topological polar surface area (TPSA) is 6.48 Å². The summed E-state index contributed by atoms with van der Waals surface area (Å²) in [5.41, 5.74) is 1.43. The highest BCUT2D eigenvalue weighted by atomic mass is 15.4. The van der Waals surface area contributed by atoms with Crippen molar-refractivity contribution in [1.82, 2.24) is 9.80 Å². The molecule has 34 heavy (non-hydrogen) atoms. The standard InChI is InChI=1S/C32H56N2/c1-3-5-7-8-9-10-11-12-13-14-15-16-17-18-19-20-24-28-34-30-29-33(27-6-4-2)32(34)31-25-22-21-23-26-31/h21-23,25-26,29-30,32H,3-20,24,27-28H2,1-2H3. The van der Waals surface area contributed by atoms with Crippen molar-refractivity contribution in [2.45, 2.75) is 142 Å². The second-order valence-corrected chi connectivity index (χ2v) is 10.6. The summed E-state index contributed by atoms with van der Waals surface area (Å²) in [5, 5.41) is 0. The maximum atomic E-state index is 2.57. The van der Waals surface area contributed by atoms with E-state index in [1.807, 2.05) is 0 Å². The second-order valence-electron chi connectivity index (χ2n) is 10.6. The van der Waals surface area contributed by atoms with Crippen LogP contribution in [0.2, 0.25) is 0 Å². The molecule has 1 aliphatic heterocycles. The Labute approximate surface area is 213 Å². The van der Waals surface area contributed by atoms with Crippen LogP contribution in [-0.4, -0.2) is 22.9 Å². The van der Waals surface area contributed by atoms with Crippen LogP contribution in [-0.2, 0) is 0 Å². The maximum Gasteiger partial charge on any atom is 0.127 e. The summed E-state index contributed by atoms with van der Waals surface area (Å²) in [4.78, 5) is 5.10. The number of unbranched alkanes of at least 4 members (excludes halogenated alkanes) is 17. The van der Waals surface area contributed by atoms with Crippen molar-refractivity contribution < 1.29 is 0 Å². The van der Waals surface area contributed by atoms with Gasteiger partial charge in [-0.2, -0.15) is 0 Å². The van der Waals surface area contributed by atoms with E-state index in [0.29, 0.717) is 6.17 Å². The monoisotopic (exact) mass is 468 g/mol. The summed E-state index contributed by atoms with van der Waals surface area (Å²) < 4.78 is 0. The van der Waals surface area contributed by atoms with Gasteiger partial charge in [-0.25, -0.2) is 0 Å². The van der Waals surface area contributed by atoms with Crippen molar-refractivity contribution in [2.75, 3.05) is 13.1 Å². The van der Waals surface area contributed by atoms with Crippen LogP contribution >= 0.6 is 0 Å². The van der Waals surface area contributed by atoms with Crippen molar-refractivity contribution in [3.8, 4) is 0 Å². The minimum atomic E-state index is 0.397. The number of hydrogen-bond acceptors (Lipinski definition) is 2. The third-order valence-electron chi connectivity index (χ3n) is 7.47. The molecule has 2 heteroatoms. The van der Waals surface area contributed by atoms with Crippen molar-refractivity contribution in [3.63, 3.8) is 0 Å². The zero-order valence-corrected chi connectivity index (χ0v) is 22.9. The van der Waals surface area contributed by atoms with Crippen LogP contribution in [0.4, 0.5) is 0 Å². The molecule has 0 spiro atoms. The van der Waals surface area contributed by atoms with Gasteiger partial charge in [0.05, 0.1) is 0 Å². The van der Waals surface area contributed by atoms with Crippen LogP contribution in [0.3, 0.4) is 0 Å². The Balaban J connectivity index is 1.45. The summed E-state index contributed by atoms with van der Waals surface area (Å²) in [6.07, 6.45) is 32.0. The zero-order valence-electron chi connectivity index (χ0n) is 22.9. The molecule has 1 aromatic rings.